The number of nitrogens with zero attached hydrogens (tertiary/aromatic N) is 1. The predicted molar refractivity (Wildman–Crippen MR) is 97.5 cm³/mol. The van der Waals surface area contributed by atoms with Crippen molar-refractivity contribution < 1.29 is 24.0 Å². The molecule has 2 aromatic rings. The molecule has 0 radical (unpaired) electrons. The van der Waals surface area contributed by atoms with Gasteiger partial charge >= 0.3 is 5.97 Å². The summed E-state index contributed by atoms with van der Waals surface area (Å²) in [5.74, 6) is -0.585. The van der Waals surface area contributed by atoms with Gasteiger partial charge in [0.1, 0.15) is 11.8 Å². The zero-order chi connectivity index (χ0) is 18.2. The van der Waals surface area contributed by atoms with E-state index in [1.54, 1.807) is 31.4 Å². The highest BCUT2D eigenvalue weighted by Crippen LogP contribution is 2.23. The number of nitrogens with two attached hydrogens (primary N) is 1. The van der Waals surface area contributed by atoms with Crippen LogP contribution in [0.4, 0.5) is 0 Å². The Morgan fingerprint density at radius 3 is 2.58 bits per heavy atom. The van der Waals surface area contributed by atoms with Crippen LogP contribution in [0.25, 0.3) is 11.3 Å². The van der Waals surface area contributed by atoms with E-state index in [0.717, 1.165) is 5.56 Å². The van der Waals surface area contributed by atoms with Crippen molar-refractivity contribution in [1.29, 1.82) is 0 Å². The first-order chi connectivity index (χ1) is 12.0. The van der Waals surface area contributed by atoms with Gasteiger partial charge in [-0.05, 0) is 50.1 Å². The van der Waals surface area contributed by atoms with Gasteiger partial charge in [0.2, 0.25) is 0 Å². The topological polar surface area (TPSA) is 128 Å². The third-order valence-electron chi connectivity index (χ3n) is 3.67. The van der Waals surface area contributed by atoms with Gasteiger partial charge in [-0.2, -0.15) is 0 Å². The molecule has 0 bridgehead atoms. The van der Waals surface area contributed by atoms with Gasteiger partial charge in [0.25, 0.3) is 5.91 Å². The van der Waals surface area contributed by atoms with Crippen molar-refractivity contribution in [2.75, 3.05) is 13.7 Å². The van der Waals surface area contributed by atoms with E-state index in [-0.39, 0.29) is 18.1 Å². The summed E-state index contributed by atoms with van der Waals surface area (Å²) in [5.41, 5.74) is 6.15. The van der Waals surface area contributed by atoms with E-state index in [1.165, 1.54) is 6.07 Å². The molecule has 0 unspecified atom stereocenters. The number of rotatable bonds is 9. The molecular formula is C17H22ClN3O5. The molecule has 0 saturated carbocycles. The normalized spacial score (nSPS) is 11.3. The summed E-state index contributed by atoms with van der Waals surface area (Å²) in [6, 6.07) is 7.54. The Bertz CT molecular complexity index is 717. The minimum Gasteiger partial charge on any atom is -0.497 e. The summed E-state index contributed by atoms with van der Waals surface area (Å²) >= 11 is 0. The minimum atomic E-state index is -1.09. The number of nitrogens with one attached hydrogen (secondary N) is 1. The second kappa shape index (κ2) is 10.4. The summed E-state index contributed by atoms with van der Waals surface area (Å²) in [4.78, 5) is 23.4. The largest absolute Gasteiger partial charge is 0.497 e. The van der Waals surface area contributed by atoms with Crippen LogP contribution < -0.4 is 15.8 Å². The number of carboxylic acids is 1. The lowest BCUT2D eigenvalue weighted by atomic mass is 10.1. The van der Waals surface area contributed by atoms with Crippen LogP contribution in [0.15, 0.2) is 34.9 Å². The monoisotopic (exact) mass is 383 g/mol. The molecule has 0 aliphatic rings. The SMILES string of the molecule is COc1ccc(-c2cc(C(=O)N[C@@H](CCCCN)C(=O)O)no2)cc1.Cl. The fourth-order valence-electron chi connectivity index (χ4n) is 2.26. The number of aliphatic carboxylic acids is 1. The molecule has 8 nitrogen and oxygen atoms in total. The highest BCUT2D eigenvalue weighted by Gasteiger charge is 2.22. The van der Waals surface area contributed by atoms with Gasteiger partial charge in [0.15, 0.2) is 11.5 Å². The Hall–Kier alpha value is -2.58. The van der Waals surface area contributed by atoms with Crippen LogP contribution in [0.5, 0.6) is 5.75 Å². The molecule has 9 heteroatoms. The maximum absolute atomic E-state index is 12.2. The van der Waals surface area contributed by atoms with E-state index in [9.17, 15) is 14.7 Å². The fraction of sp³-hybridized carbons (Fsp3) is 0.353. The third kappa shape index (κ3) is 5.75. The molecule has 0 aliphatic heterocycles. The zero-order valence-corrected chi connectivity index (χ0v) is 15.1. The molecule has 142 valence electrons. The first-order valence-corrected chi connectivity index (χ1v) is 7.90. The molecule has 1 aromatic carbocycles. The highest BCUT2D eigenvalue weighted by atomic mass is 35.5. The fourth-order valence-corrected chi connectivity index (χ4v) is 2.26. The third-order valence-corrected chi connectivity index (χ3v) is 3.67. The number of benzene rings is 1. The maximum Gasteiger partial charge on any atom is 0.326 e. The van der Waals surface area contributed by atoms with Crippen LogP contribution in [0.2, 0.25) is 0 Å². The van der Waals surface area contributed by atoms with Crippen molar-refractivity contribution >= 4 is 24.3 Å². The zero-order valence-electron chi connectivity index (χ0n) is 14.3. The van der Waals surface area contributed by atoms with Crippen molar-refractivity contribution in [1.82, 2.24) is 10.5 Å². The first kappa shape index (κ1) is 21.5. The Balaban J connectivity index is 0.00000338. The van der Waals surface area contributed by atoms with E-state index in [1.807, 2.05) is 0 Å². The molecule has 26 heavy (non-hydrogen) atoms. The van der Waals surface area contributed by atoms with Gasteiger partial charge in [-0.1, -0.05) is 5.16 Å². The number of methoxy groups -OCH3 is 1. The van der Waals surface area contributed by atoms with Gasteiger partial charge in [-0.15, -0.1) is 12.4 Å². The van der Waals surface area contributed by atoms with E-state index in [2.05, 4.69) is 10.5 Å². The smallest absolute Gasteiger partial charge is 0.326 e. The summed E-state index contributed by atoms with van der Waals surface area (Å²) in [6.45, 7) is 0.481. The molecular weight excluding hydrogens is 362 g/mol. The van der Waals surface area contributed by atoms with Crippen LogP contribution in [0.1, 0.15) is 29.8 Å². The lowest BCUT2D eigenvalue weighted by Crippen LogP contribution is -2.40. The molecule has 0 spiro atoms. The number of aromatic nitrogens is 1. The number of ether oxygens (including phenoxy) is 1. The van der Waals surface area contributed by atoms with Crippen LogP contribution in [-0.2, 0) is 4.79 Å². The number of unbranched alkanes of at least 4 members (excludes halogenated alkanes) is 1. The summed E-state index contributed by atoms with van der Waals surface area (Å²) in [5, 5.41) is 15.4. The van der Waals surface area contributed by atoms with Gasteiger partial charge in [-0.25, -0.2) is 4.79 Å². The minimum absolute atomic E-state index is 0. The molecule has 4 N–H and O–H groups in total. The number of hydrogen-bond acceptors (Lipinski definition) is 6. The van der Waals surface area contributed by atoms with Crippen molar-refractivity contribution in [3.8, 4) is 17.1 Å². The lowest BCUT2D eigenvalue weighted by Gasteiger charge is -2.12. The van der Waals surface area contributed by atoms with Crippen molar-refractivity contribution in [2.24, 2.45) is 5.73 Å². The van der Waals surface area contributed by atoms with Crippen LogP contribution in [0, 0.1) is 0 Å². The number of carbonyl (C=O) groups is 2. The van der Waals surface area contributed by atoms with Gasteiger partial charge in [0, 0.05) is 11.6 Å². The molecule has 0 fully saturated rings. The Labute approximate surface area is 157 Å². The van der Waals surface area contributed by atoms with Gasteiger partial charge < -0.3 is 25.4 Å². The molecule has 1 aromatic heterocycles. The van der Waals surface area contributed by atoms with E-state index in [4.69, 9.17) is 15.0 Å². The van der Waals surface area contributed by atoms with Crippen molar-refractivity contribution in [3.63, 3.8) is 0 Å². The van der Waals surface area contributed by atoms with Crippen LogP contribution >= 0.6 is 12.4 Å². The Morgan fingerprint density at radius 1 is 1.31 bits per heavy atom. The van der Waals surface area contributed by atoms with E-state index < -0.39 is 17.9 Å². The average molecular weight is 384 g/mol. The van der Waals surface area contributed by atoms with Gasteiger partial charge in [0.05, 0.1) is 7.11 Å². The van der Waals surface area contributed by atoms with Crippen LogP contribution in [-0.4, -0.2) is 41.8 Å². The number of carbonyl (C=O) groups excluding carboxylic acids is 1. The van der Waals surface area contributed by atoms with Gasteiger partial charge in [-0.3, -0.25) is 4.79 Å². The number of carboxylic acid groups (broad SMARTS) is 1. The highest BCUT2D eigenvalue weighted by molar-refractivity contribution is 5.95. The lowest BCUT2D eigenvalue weighted by molar-refractivity contribution is -0.139. The first-order valence-electron chi connectivity index (χ1n) is 7.90. The second-order valence-corrected chi connectivity index (χ2v) is 5.45. The Morgan fingerprint density at radius 2 is 2.00 bits per heavy atom. The molecule has 0 aliphatic carbocycles. The summed E-state index contributed by atoms with van der Waals surface area (Å²) in [6.07, 6.45) is 1.62. The number of hydrogen-bond donors (Lipinski definition) is 3. The standard InChI is InChI=1S/C17H21N3O5.ClH/c1-24-12-7-5-11(6-8-12)15-10-14(20-25-15)16(21)19-13(17(22)23)4-2-3-9-18;/h5-8,10,13H,2-4,9,18H2,1H3,(H,19,21)(H,22,23);1H/t13-;/m0./s1. The summed E-state index contributed by atoms with van der Waals surface area (Å²) < 4.78 is 10.3. The molecule has 1 atom stereocenters. The van der Waals surface area contributed by atoms with Crippen molar-refractivity contribution in [2.45, 2.75) is 25.3 Å². The molecule has 1 amide bonds. The molecule has 1 heterocycles. The summed E-state index contributed by atoms with van der Waals surface area (Å²) in [7, 11) is 1.57. The van der Waals surface area contributed by atoms with E-state index >= 15 is 0 Å². The predicted octanol–water partition coefficient (Wildman–Crippen LogP) is 2.08. The number of amides is 1. The number of halogens is 1. The quantitative estimate of drug-likeness (QED) is 0.565. The molecule has 0 saturated heterocycles. The van der Waals surface area contributed by atoms with Crippen LogP contribution in [0.3, 0.4) is 0 Å². The van der Waals surface area contributed by atoms with Crippen molar-refractivity contribution in [3.05, 3.63) is 36.0 Å². The maximum atomic E-state index is 12.2. The van der Waals surface area contributed by atoms with E-state index in [0.29, 0.717) is 37.3 Å². The average Bonchev–Trinajstić information content (AvgIpc) is 3.11. The Kier molecular flexibility index (Phi) is 8.60. The second-order valence-electron chi connectivity index (χ2n) is 5.45. The molecule has 2 rings (SSSR count).